The van der Waals surface area contributed by atoms with Crippen molar-refractivity contribution in [2.24, 2.45) is 0 Å². The fourth-order valence-corrected chi connectivity index (χ4v) is 5.78. The molecule has 0 N–H and O–H groups in total. The summed E-state index contributed by atoms with van der Waals surface area (Å²) >= 11 is 0. The van der Waals surface area contributed by atoms with Crippen LogP contribution in [-0.4, -0.2) is 31.8 Å². The largest absolute Gasteiger partial charge is 0.457 e. The lowest BCUT2D eigenvalue weighted by atomic mass is 9.95. The van der Waals surface area contributed by atoms with Gasteiger partial charge in [-0.25, -0.2) is 18.0 Å². The minimum absolute atomic E-state index is 0.0710. The molecule has 0 saturated carbocycles. The van der Waals surface area contributed by atoms with Gasteiger partial charge in [0, 0.05) is 30.1 Å². The van der Waals surface area contributed by atoms with Gasteiger partial charge in [0.05, 0.1) is 10.5 Å². The fraction of sp³-hybridized carbons (Fsp3) is 0.360. The molecule has 7 nitrogen and oxygen atoms in total. The van der Waals surface area contributed by atoms with Crippen LogP contribution in [0.4, 0.5) is 0 Å². The smallest absolute Gasteiger partial charge is 0.338 e. The molecule has 2 heterocycles. The van der Waals surface area contributed by atoms with Crippen molar-refractivity contribution in [2.75, 3.05) is 13.1 Å². The Morgan fingerprint density at radius 1 is 1.12 bits per heavy atom. The number of carbonyl (C=O) groups is 1. The Bertz CT molecular complexity index is 1370. The Morgan fingerprint density at radius 3 is 2.55 bits per heavy atom. The maximum atomic E-state index is 12.8. The highest BCUT2D eigenvalue weighted by Gasteiger charge is 2.27. The Hall–Kier alpha value is -2.97. The van der Waals surface area contributed by atoms with Gasteiger partial charge in [0.15, 0.2) is 0 Å². The molecule has 2 aromatic carbocycles. The van der Waals surface area contributed by atoms with Gasteiger partial charge in [-0.15, -0.1) is 0 Å². The third kappa shape index (κ3) is 4.72. The molecule has 1 aliphatic heterocycles. The van der Waals surface area contributed by atoms with Crippen molar-refractivity contribution in [2.45, 2.75) is 51.0 Å². The third-order valence-corrected chi connectivity index (χ3v) is 7.86. The number of carbonyl (C=O) groups excluding carboxylic acids is 1. The highest BCUT2D eigenvalue weighted by Crippen LogP contribution is 2.27. The van der Waals surface area contributed by atoms with E-state index >= 15 is 0 Å². The predicted octanol–water partition coefficient (Wildman–Crippen LogP) is 4.37. The maximum absolute atomic E-state index is 12.8. The predicted molar refractivity (Wildman–Crippen MR) is 125 cm³/mol. The first-order valence-corrected chi connectivity index (χ1v) is 12.5. The fourth-order valence-electron chi connectivity index (χ4n) is 4.22. The minimum atomic E-state index is -3.64. The summed E-state index contributed by atoms with van der Waals surface area (Å²) in [5.41, 5.74) is 2.73. The Labute approximate surface area is 193 Å². The average molecular weight is 470 g/mol. The van der Waals surface area contributed by atoms with Gasteiger partial charge in [0.25, 0.3) is 0 Å². The normalized spacial score (nSPS) is 14.8. The number of rotatable bonds is 6. The second-order valence-electron chi connectivity index (χ2n) is 8.67. The average Bonchev–Trinajstić information content (AvgIpc) is 3.32. The molecule has 33 heavy (non-hydrogen) atoms. The summed E-state index contributed by atoms with van der Waals surface area (Å²) in [7, 11) is -3.64. The summed E-state index contributed by atoms with van der Waals surface area (Å²) in [6, 6.07) is 11.0. The van der Waals surface area contributed by atoms with Crippen LogP contribution in [0, 0.1) is 6.92 Å². The lowest BCUT2D eigenvalue weighted by Gasteiger charge is -2.16. The summed E-state index contributed by atoms with van der Waals surface area (Å²) < 4.78 is 37.9. The number of nitrogens with zero attached hydrogens (tertiary/aromatic N) is 1. The molecular weight excluding hydrogens is 442 g/mol. The second kappa shape index (κ2) is 9.11. The zero-order valence-electron chi connectivity index (χ0n) is 19.0. The molecule has 1 aliphatic rings. The SMILES string of the molecule is Cc1cc2oc(=O)cc(COC(=O)c3cccc(S(=O)(=O)N4CCCC4)c3)c2cc1C(C)C. The van der Waals surface area contributed by atoms with Crippen LogP contribution in [0.15, 0.2) is 56.6 Å². The van der Waals surface area contributed by atoms with Gasteiger partial charge >= 0.3 is 11.6 Å². The van der Waals surface area contributed by atoms with Crippen molar-refractivity contribution in [1.82, 2.24) is 4.31 Å². The lowest BCUT2D eigenvalue weighted by molar-refractivity contribution is 0.0473. The monoisotopic (exact) mass is 469 g/mol. The number of sulfonamides is 1. The molecule has 0 aliphatic carbocycles. The topological polar surface area (TPSA) is 93.9 Å². The Kier molecular flexibility index (Phi) is 6.41. The molecule has 174 valence electrons. The van der Waals surface area contributed by atoms with E-state index in [1.54, 1.807) is 0 Å². The quantitative estimate of drug-likeness (QED) is 0.393. The Morgan fingerprint density at radius 2 is 1.85 bits per heavy atom. The van der Waals surface area contributed by atoms with E-state index in [0.29, 0.717) is 29.6 Å². The number of hydrogen-bond acceptors (Lipinski definition) is 6. The van der Waals surface area contributed by atoms with Gasteiger partial charge < -0.3 is 9.15 Å². The van der Waals surface area contributed by atoms with Gasteiger partial charge in [-0.2, -0.15) is 4.31 Å². The van der Waals surface area contributed by atoms with E-state index < -0.39 is 21.6 Å². The molecule has 1 aromatic heterocycles. The van der Waals surface area contributed by atoms with Crippen LogP contribution < -0.4 is 5.63 Å². The summed E-state index contributed by atoms with van der Waals surface area (Å²) in [5.74, 6) is -0.386. The number of fused-ring (bicyclic) bond motifs is 1. The number of aryl methyl sites for hydroxylation is 1. The van der Waals surface area contributed by atoms with E-state index in [1.807, 2.05) is 19.1 Å². The van der Waals surface area contributed by atoms with Crippen molar-refractivity contribution in [1.29, 1.82) is 0 Å². The molecule has 1 saturated heterocycles. The van der Waals surface area contributed by atoms with Crippen molar-refractivity contribution < 1.29 is 22.4 Å². The van der Waals surface area contributed by atoms with E-state index in [1.165, 1.54) is 34.6 Å². The molecule has 0 radical (unpaired) electrons. The maximum Gasteiger partial charge on any atom is 0.338 e. The number of esters is 1. The zero-order valence-corrected chi connectivity index (χ0v) is 19.8. The van der Waals surface area contributed by atoms with Gasteiger partial charge in [0.2, 0.25) is 10.0 Å². The van der Waals surface area contributed by atoms with Gasteiger partial charge in [0.1, 0.15) is 12.2 Å². The van der Waals surface area contributed by atoms with Gasteiger partial charge in [-0.1, -0.05) is 19.9 Å². The van der Waals surface area contributed by atoms with Crippen LogP contribution in [0.25, 0.3) is 11.0 Å². The molecule has 4 rings (SSSR count). The molecule has 0 spiro atoms. The highest BCUT2D eigenvalue weighted by atomic mass is 32.2. The zero-order chi connectivity index (χ0) is 23.8. The van der Waals surface area contributed by atoms with E-state index in [9.17, 15) is 18.0 Å². The van der Waals surface area contributed by atoms with Crippen LogP contribution >= 0.6 is 0 Å². The summed E-state index contributed by atoms with van der Waals surface area (Å²) in [6.07, 6.45) is 1.66. The van der Waals surface area contributed by atoms with Gasteiger partial charge in [-0.3, -0.25) is 0 Å². The lowest BCUT2D eigenvalue weighted by Crippen LogP contribution is -2.28. The molecule has 3 aromatic rings. The van der Waals surface area contributed by atoms with Crippen LogP contribution in [-0.2, 0) is 21.4 Å². The number of hydrogen-bond donors (Lipinski definition) is 0. The molecular formula is C25H27NO6S. The standard InChI is InChI=1S/C25H27NO6S/c1-16(2)21-14-22-19(13-24(27)32-23(22)11-17(21)3)15-31-25(28)18-7-6-8-20(12-18)33(29,30)26-9-4-5-10-26/h6-8,11-14,16H,4-5,9-10,15H2,1-3H3. The van der Waals surface area contributed by atoms with Crippen molar-refractivity contribution in [3.05, 3.63) is 75.1 Å². The van der Waals surface area contributed by atoms with Crippen LogP contribution in [0.5, 0.6) is 0 Å². The first-order chi connectivity index (χ1) is 15.7. The van der Waals surface area contributed by atoms with Crippen molar-refractivity contribution in [3.63, 3.8) is 0 Å². The summed E-state index contributed by atoms with van der Waals surface area (Å²) in [5, 5.41) is 0.710. The van der Waals surface area contributed by atoms with Crippen molar-refractivity contribution >= 4 is 27.0 Å². The van der Waals surface area contributed by atoms with E-state index in [0.717, 1.165) is 24.0 Å². The van der Waals surface area contributed by atoms with Crippen LogP contribution in [0.3, 0.4) is 0 Å². The second-order valence-corrected chi connectivity index (χ2v) is 10.6. The third-order valence-electron chi connectivity index (χ3n) is 5.97. The van der Waals surface area contributed by atoms with E-state index in [4.69, 9.17) is 9.15 Å². The van der Waals surface area contributed by atoms with Crippen molar-refractivity contribution in [3.8, 4) is 0 Å². The first-order valence-electron chi connectivity index (χ1n) is 11.0. The minimum Gasteiger partial charge on any atom is -0.457 e. The summed E-state index contributed by atoms with van der Waals surface area (Å²) in [4.78, 5) is 24.9. The highest BCUT2D eigenvalue weighted by molar-refractivity contribution is 7.89. The molecule has 0 atom stereocenters. The van der Waals surface area contributed by atoms with Crippen LogP contribution in [0.1, 0.15) is 59.7 Å². The molecule has 1 fully saturated rings. The molecule has 0 bridgehead atoms. The summed E-state index contributed by atoms with van der Waals surface area (Å²) in [6.45, 7) is 6.96. The van der Waals surface area contributed by atoms with Crippen LogP contribution in [0.2, 0.25) is 0 Å². The number of ether oxygens (including phenoxy) is 1. The molecule has 0 unspecified atom stereocenters. The number of benzene rings is 2. The van der Waals surface area contributed by atoms with E-state index in [2.05, 4.69) is 13.8 Å². The molecule has 0 amide bonds. The molecule has 8 heteroatoms. The first kappa shape index (κ1) is 23.2. The van der Waals surface area contributed by atoms with E-state index in [-0.39, 0.29) is 23.0 Å². The Balaban J connectivity index is 1.59. The van der Waals surface area contributed by atoms with Gasteiger partial charge in [-0.05, 0) is 67.1 Å².